The molecule has 1 aromatic heterocycles. The number of amides is 2. The third kappa shape index (κ3) is 2.94. The zero-order chi connectivity index (χ0) is 13.2. The maximum atomic E-state index is 11.5. The van der Waals surface area contributed by atoms with E-state index in [0.717, 1.165) is 17.2 Å². The Morgan fingerprint density at radius 1 is 1.47 bits per heavy atom. The van der Waals surface area contributed by atoms with Crippen LogP contribution in [0.15, 0.2) is 0 Å². The molecule has 6 heteroatoms. The molecule has 1 aromatic rings. The van der Waals surface area contributed by atoms with Gasteiger partial charge in [0.25, 0.3) is 0 Å². The molecule has 5 nitrogen and oxygen atoms in total. The zero-order valence-corrected chi connectivity index (χ0v) is 11.5. The fraction of sp³-hybridized carbons (Fsp3) is 0.545. The highest BCUT2D eigenvalue weighted by atomic mass is 32.1. The Morgan fingerprint density at radius 2 is 2.06 bits per heavy atom. The van der Waals surface area contributed by atoms with Gasteiger partial charge in [-0.1, -0.05) is 20.8 Å². The first-order chi connectivity index (χ1) is 7.77. The Bertz CT molecular complexity index is 465. The van der Waals surface area contributed by atoms with Crippen molar-refractivity contribution in [2.45, 2.75) is 26.2 Å². The second kappa shape index (κ2) is 4.72. The lowest BCUT2D eigenvalue weighted by Crippen LogP contribution is -2.27. The number of rotatable bonds is 1. The summed E-state index contributed by atoms with van der Waals surface area (Å²) in [5.41, 5.74) is 0.972. The molecule has 0 saturated heterocycles. The molecule has 1 N–H and O–H groups in total. The van der Waals surface area contributed by atoms with E-state index in [1.807, 2.05) is 20.8 Å². The standard InChI is InChI=1S/C11H16N4OS/c1-11(2,3)8-7(6-12)9(17-14-8)13-10(16)15(4)5/h1-5H3,(H,13,16). The van der Waals surface area contributed by atoms with Crippen LogP contribution >= 0.6 is 11.5 Å². The van der Waals surface area contributed by atoms with Gasteiger partial charge in [-0.3, -0.25) is 5.32 Å². The minimum atomic E-state index is -0.259. The molecule has 0 atom stereocenters. The fourth-order valence-electron chi connectivity index (χ4n) is 1.20. The van der Waals surface area contributed by atoms with Gasteiger partial charge in [-0.2, -0.15) is 9.64 Å². The van der Waals surface area contributed by atoms with Gasteiger partial charge in [0, 0.05) is 19.5 Å². The Hall–Kier alpha value is -1.61. The molecule has 0 aliphatic rings. The van der Waals surface area contributed by atoms with Crippen molar-refractivity contribution in [3.63, 3.8) is 0 Å². The van der Waals surface area contributed by atoms with E-state index in [0.29, 0.717) is 10.6 Å². The lowest BCUT2D eigenvalue weighted by Gasteiger charge is -2.15. The summed E-state index contributed by atoms with van der Waals surface area (Å²) in [6.07, 6.45) is 0. The molecule has 0 radical (unpaired) electrons. The minimum Gasteiger partial charge on any atom is -0.331 e. The highest BCUT2D eigenvalue weighted by Crippen LogP contribution is 2.32. The third-order valence-electron chi connectivity index (χ3n) is 2.14. The normalized spacial score (nSPS) is 10.8. The first kappa shape index (κ1) is 13.5. The monoisotopic (exact) mass is 252 g/mol. The summed E-state index contributed by atoms with van der Waals surface area (Å²) in [4.78, 5) is 12.9. The molecule has 0 bridgehead atoms. The van der Waals surface area contributed by atoms with Gasteiger partial charge in [-0.05, 0) is 11.5 Å². The molecule has 0 aliphatic heterocycles. The molecule has 0 saturated carbocycles. The van der Waals surface area contributed by atoms with Crippen LogP contribution in [0, 0.1) is 11.3 Å². The van der Waals surface area contributed by atoms with Crippen molar-refractivity contribution in [2.75, 3.05) is 19.4 Å². The van der Waals surface area contributed by atoms with Crippen molar-refractivity contribution in [1.29, 1.82) is 5.26 Å². The van der Waals surface area contributed by atoms with Gasteiger partial charge in [0.2, 0.25) is 0 Å². The van der Waals surface area contributed by atoms with E-state index < -0.39 is 0 Å². The molecular weight excluding hydrogens is 236 g/mol. The quantitative estimate of drug-likeness (QED) is 0.834. The summed E-state index contributed by atoms with van der Waals surface area (Å²) in [7, 11) is 3.29. The van der Waals surface area contributed by atoms with Crippen molar-refractivity contribution in [1.82, 2.24) is 9.27 Å². The number of aromatic nitrogens is 1. The third-order valence-corrected chi connectivity index (χ3v) is 2.90. The van der Waals surface area contributed by atoms with Crippen molar-refractivity contribution >= 4 is 22.6 Å². The number of hydrogen-bond donors (Lipinski definition) is 1. The average molecular weight is 252 g/mol. The van der Waals surface area contributed by atoms with E-state index >= 15 is 0 Å². The van der Waals surface area contributed by atoms with Gasteiger partial charge >= 0.3 is 6.03 Å². The van der Waals surface area contributed by atoms with Crippen molar-refractivity contribution < 1.29 is 4.79 Å². The lowest BCUT2D eigenvalue weighted by molar-refractivity contribution is 0.231. The van der Waals surface area contributed by atoms with Gasteiger partial charge in [-0.15, -0.1) is 0 Å². The van der Waals surface area contributed by atoms with Crippen LogP contribution in [0.2, 0.25) is 0 Å². The van der Waals surface area contributed by atoms with E-state index in [2.05, 4.69) is 15.8 Å². The second-order valence-corrected chi connectivity index (χ2v) is 5.70. The van der Waals surface area contributed by atoms with E-state index in [9.17, 15) is 4.79 Å². The summed E-state index contributed by atoms with van der Waals surface area (Å²) in [6.45, 7) is 5.96. The molecule has 0 fully saturated rings. The van der Waals surface area contributed by atoms with Crippen LogP contribution in [0.25, 0.3) is 0 Å². The largest absolute Gasteiger partial charge is 0.331 e. The van der Waals surface area contributed by atoms with Crippen LogP contribution in [0.3, 0.4) is 0 Å². The molecule has 0 aliphatic carbocycles. The smallest absolute Gasteiger partial charge is 0.322 e. The molecule has 0 unspecified atom stereocenters. The molecular formula is C11H16N4OS. The van der Waals surface area contributed by atoms with Crippen LogP contribution in [0.1, 0.15) is 32.0 Å². The van der Waals surface area contributed by atoms with Gasteiger partial charge in [0.15, 0.2) is 0 Å². The van der Waals surface area contributed by atoms with Crippen molar-refractivity contribution in [2.24, 2.45) is 0 Å². The number of nitriles is 1. The molecule has 1 rings (SSSR count). The van der Waals surface area contributed by atoms with Gasteiger partial charge in [0.1, 0.15) is 16.6 Å². The Morgan fingerprint density at radius 3 is 2.47 bits per heavy atom. The summed E-state index contributed by atoms with van der Waals surface area (Å²) in [5.74, 6) is 0. The summed E-state index contributed by atoms with van der Waals surface area (Å²) in [6, 6.07) is 1.85. The molecule has 92 valence electrons. The number of carbonyl (C=O) groups excluding carboxylic acids is 1. The Kier molecular flexibility index (Phi) is 3.73. The zero-order valence-electron chi connectivity index (χ0n) is 10.7. The maximum Gasteiger partial charge on any atom is 0.322 e. The van der Waals surface area contributed by atoms with Crippen LogP contribution in [-0.2, 0) is 5.41 Å². The summed E-state index contributed by atoms with van der Waals surface area (Å²) >= 11 is 1.14. The van der Waals surface area contributed by atoms with Crippen LogP contribution in [0.4, 0.5) is 9.80 Å². The summed E-state index contributed by atoms with van der Waals surface area (Å²) < 4.78 is 4.26. The number of anilines is 1. The predicted octanol–water partition coefficient (Wildman–Crippen LogP) is 2.41. The van der Waals surface area contributed by atoms with Gasteiger partial charge in [0.05, 0.1) is 5.69 Å². The van der Waals surface area contributed by atoms with Crippen LogP contribution < -0.4 is 5.32 Å². The van der Waals surface area contributed by atoms with Gasteiger partial charge < -0.3 is 4.90 Å². The highest BCUT2D eigenvalue weighted by molar-refractivity contribution is 7.10. The molecule has 1 heterocycles. The minimum absolute atomic E-state index is 0.206. The fourth-order valence-corrected chi connectivity index (χ4v) is 2.11. The Balaban J connectivity index is 3.09. The molecule has 0 aromatic carbocycles. The van der Waals surface area contributed by atoms with Crippen molar-refractivity contribution in [3.8, 4) is 6.07 Å². The van der Waals surface area contributed by atoms with E-state index in [4.69, 9.17) is 5.26 Å². The van der Waals surface area contributed by atoms with Crippen LogP contribution in [-0.4, -0.2) is 29.4 Å². The SMILES string of the molecule is CN(C)C(=O)Nc1snc(C(C)(C)C)c1C#N. The predicted molar refractivity (Wildman–Crippen MR) is 68.2 cm³/mol. The number of urea groups is 1. The number of nitrogens with one attached hydrogen (secondary N) is 1. The highest BCUT2D eigenvalue weighted by Gasteiger charge is 2.25. The number of hydrogen-bond acceptors (Lipinski definition) is 4. The van der Waals surface area contributed by atoms with Crippen LogP contribution in [0.5, 0.6) is 0 Å². The lowest BCUT2D eigenvalue weighted by atomic mass is 9.90. The molecule has 2 amide bonds. The Labute approximate surface area is 105 Å². The maximum absolute atomic E-state index is 11.5. The van der Waals surface area contributed by atoms with Crippen molar-refractivity contribution in [3.05, 3.63) is 11.3 Å². The first-order valence-corrected chi connectivity index (χ1v) is 5.93. The number of nitrogens with zero attached hydrogens (tertiary/aromatic N) is 3. The van der Waals surface area contributed by atoms with Gasteiger partial charge in [-0.25, -0.2) is 4.79 Å². The topological polar surface area (TPSA) is 69.0 Å². The molecule has 17 heavy (non-hydrogen) atoms. The first-order valence-electron chi connectivity index (χ1n) is 5.16. The summed E-state index contributed by atoms with van der Waals surface area (Å²) in [5, 5.41) is 12.3. The van der Waals surface area contributed by atoms with E-state index in [1.54, 1.807) is 14.1 Å². The molecule has 0 spiro atoms. The average Bonchev–Trinajstić information content (AvgIpc) is 2.59. The van der Waals surface area contributed by atoms with E-state index in [-0.39, 0.29) is 11.4 Å². The van der Waals surface area contributed by atoms with E-state index in [1.165, 1.54) is 4.90 Å². The number of carbonyl (C=O) groups is 1. The second-order valence-electron chi connectivity index (χ2n) is 4.92.